The molecule has 82 valence electrons. The van der Waals surface area contributed by atoms with Gasteiger partial charge in [0.15, 0.2) is 0 Å². The zero-order chi connectivity index (χ0) is 9.80. The largest absolute Gasteiger partial charge is 0.317 e. The van der Waals surface area contributed by atoms with Crippen LogP contribution in [0.5, 0.6) is 0 Å². The van der Waals surface area contributed by atoms with E-state index in [2.05, 4.69) is 5.32 Å². The van der Waals surface area contributed by atoms with Gasteiger partial charge in [0, 0.05) is 0 Å². The van der Waals surface area contributed by atoms with Crippen LogP contribution in [0.4, 0.5) is 4.39 Å². The topological polar surface area (TPSA) is 12.0 Å². The normalized spacial score (nSPS) is 31.9. The number of halogens is 1. The van der Waals surface area contributed by atoms with Crippen LogP contribution in [-0.4, -0.2) is 19.3 Å². The summed E-state index contributed by atoms with van der Waals surface area (Å²) in [6, 6.07) is 0. The molecule has 2 heteroatoms. The van der Waals surface area contributed by atoms with Crippen molar-refractivity contribution in [2.24, 2.45) is 11.8 Å². The fourth-order valence-corrected chi connectivity index (χ4v) is 2.64. The van der Waals surface area contributed by atoms with Gasteiger partial charge in [0.2, 0.25) is 0 Å². The summed E-state index contributed by atoms with van der Waals surface area (Å²) in [6.07, 6.45) is 7.56. The van der Waals surface area contributed by atoms with Crippen molar-refractivity contribution in [2.75, 3.05) is 13.1 Å². The molecule has 1 saturated heterocycles. The molecule has 1 heterocycles. The average molecular weight is 199 g/mol. The fraction of sp³-hybridized carbons (Fsp3) is 1.00. The van der Waals surface area contributed by atoms with E-state index in [0.717, 1.165) is 32.4 Å². The summed E-state index contributed by atoms with van der Waals surface area (Å²) >= 11 is 0. The van der Waals surface area contributed by atoms with E-state index in [1.165, 1.54) is 25.7 Å². The van der Waals surface area contributed by atoms with Crippen LogP contribution in [0.2, 0.25) is 0 Å². The van der Waals surface area contributed by atoms with E-state index < -0.39 is 6.17 Å². The smallest absolute Gasteiger partial charge is 0.103 e. The van der Waals surface area contributed by atoms with Gasteiger partial charge < -0.3 is 5.32 Å². The van der Waals surface area contributed by atoms with Crippen LogP contribution in [-0.2, 0) is 0 Å². The number of hydrogen-bond acceptors (Lipinski definition) is 1. The van der Waals surface area contributed by atoms with Crippen LogP contribution < -0.4 is 5.32 Å². The van der Waals surface area contributed by atoms with Gasteiger partial charge >= 0.3 is 0 Å². The summed E-state index contributed by atoms with van der Waals surface area (Å²) in [5.41, 5.74) is 0. The molecule has 1 saturated carbocycles. The monoisotopic (exact) mass is 199 g/mol. The first-order valence-electron chi connectivity index (χ1n) is 6.21. The summed E-state index contributed by atoms with van der Waals surface area (Å²) in [4.78, 5) is 0. The van der Waals surface area contributed by atoms with Crippen molar-refractivity contribution in [2.45, 2.75) is 51.1 Å². The van der Waals surface area contributed by atoms with Crippen molar-refractivity contribution >= 4 is 0 Å². The second-order valence-electron chi connectivity index (χ2n) is 4.99. The number of rotatable bonds is 3. The Bertz CT molecular complexity index is 160. The van der Waals surface area contributed by atoms with Gasteiger partial charge in [-0.2, -0.15) is 0 Å². The van der Waals surface area contributed by atoms with Crippen molar-refractivity contribution in [3.8, 4) is 0 Å². The lowest BCUT2D eigenvalue weighted by Crippen LogP contribution is -2.25. The lowest BCUT2D eigenvalue weighted by molar-refractivity contribution is 0.119. The highest BCUT2D eigenvalue weighted by molar-refractivity contribution is 4.80. The van der Waals surface area contributed by atoms with Gasteiger partial charge in [0.1, 0.15) is 6.17 Å². The Hall–Kier alpha value is -0.110. The maximum absolute atomic E-state index is 13.7. The Morgan fingerprint density at radius 3 is 2.64 bits per heavy atom. The molecule has 1 aliphatic heterocycles. The Labute approximate surface area is 86.5 Å². The Morgan fingerprint density at radius 1 is 1.07 bits per heavy atom. The molecule has 0 aromatic heterocycles. The minimum atomic E-state index is -0.494. The zero-order valence-electron chi connectivity index (χ0n) is 8.97. The number of hydrogen-bond donors (Lipinski definition) is 1. The molecule has 2 aliphatic rings. The predicted molar refractivity (Wildman–Crippen MR) is 57.1 cm³/mol. The second-order valence-corrected chi connectivity index (χ2v) is 4.99. The molecule has 0 spiro atoms. The molecule has 1 N–H and O–H groups in total. The van der Waals surface area contributed by atoms with Gasteiger partial charge in [0.05, 0.1) is 0 Å². The van der Waals surface area contributed by atoms with Crippen LogP contribution in [0.3, 0.4) is 0 Å². The highest BCUT2D eigenvalue weighted by atomic mass is 19.1. The molecule has 0 amide bonds. The minimum Gasteiger partial charge on any atom is -0.317 e. The van der Waals surface area contributed by atoms with E-state index in [4.69, 9.17) is 0 Å². The minimum absolute atomic E-state index is 0.422. The van der Waals surface area contributed by atoms with Crippen LogP contribution >= 0.6 is 0 Å². The second kappa shape index (κ2) is 5.11. The van der Waals surface area contributed by atoms with Crippen molar-refractivity contribution in [3.05, 3.63) is 0 Å². The standard InChI is InChI=1S/C12H22FN/c13-12(11-4-1-5-11)9-10-3-2-7-14-8-6-10/h10-12,14H,1-9H2. The third kappa shape index (κ3) is 2.69. The van der Waals surface area contributed by atoms with Crippen LogP contribution in [0, 0.1) is 11.8 Å². The van der Waals surface area contributed by atoms with E-state index in [9.17, 15) is 4.39 Å². The zero-order valence-corrected chi connectivity index (χ0v) is 8.97. The summed E-state index contributed by atoms with van der Waals surface area (Å²) in [5, 5.41) is 3.39. The molecule has 1 nitrogen and oxygen atoms in total. The lowest BCUT2D eigenvalue weighted by atomic mass is 9.78. The summed E-state index contributed by atoms with van der Waals surface area (Å²) in [7, 11) is 0. The third-order valence-corrected chi connectivity index (χ3v) is 3.92. The Kier molecular flexibility index (Phi) is 3.80. The molecule has 0 radical (unpaired) electrons. The number of nitrogens with one attached hydrogen (secondary N) is 1. The maximum atomic E-state index is 13.7. The van der Waals surface area contributed by atoms with Gasteiger partial charge in [-0.25, -0.2) is 4.39 Å². The molecule has 14 heavy (non-hydrogen) atoms. The van der Waals surface area contributed by atoms with Gasteiger partial charge in [0.25, 0.3) is 0 Å². The summed E-state index contributed by atoms with van der Waals surface area (Å²) in [5.74, 6) is 1.08. The molecular weight excluding hydrogens is 177 g/mol. The molecule has 2 fully saturated rings. The maximum Gasteiger partial charge on any atom is 0.103 e. The Balaban J connectivity index is 1.71. The van der Waals surface area contributed by atoms with Crippen LogP contribution in [0.1, 0.15) is 44.9 Å². The van der Waals surface area contributed by atoms with E-state index in [0.29, 0.717) is 11.8 Å². The molecule has 0 aromatic carbocycles. The quantitative estimate of drug-likeness (QED) is 0.737. The lowest BCUT2D eigenvalue weighted by Gasteiger charge is -2.30. The van der Waals surface area contributed by atoms with Crippen molar-refractivity contribution in [1.82, 2.24) is 5.32 Å². The van der Waals surface area contributed by atoms with Gasteiger partial charge in [-0.1, -0.05) is 6.42 Å². The SMILES string of the molecule is FC(CC1CCCNCC1)C1CCC1. The van der Waals surface area contributed by atoms with Gasteiger partial charge in [-0.15, -0.1) is 0 Å². The fourth-order valence-electron chi connectivity index (χ4n) is 2.64. The van der Waals surface area contributed by atoms with Crippen LogP contribution in [0.25, 0.3) is 0 Å². The summed E-state index contributed by atoms with van der Waals surface area (Å²) in [6.45, 7) is 2.24. The van der Waals surface area contributed by atoms with E-state index in [1.807, 2.05) is 0 Å². The first-order chi connectivity index (χ1) is 6.86. The van der Waals surface area contributed by atoms with E-state index >= 15 is 0 Å². The highest BCUT2D eigenvalue weighted by Gasteiger charge is 2.29. The van der Waals surface area contributed by atoms with Gasteiger partial charge in [-0.05, 0) is 63.5 Å². The molecule has 2 atom stereocenters. The van der Waals surface area contributed by atoms with Gasteiger partial charge in [-0.3, -0.25) is 0 Å². The number of alkyl halides is 1. The first kappa shape index (κ1) is 10.4. The van der Waals surface area contributed by atoms with E-state index in [1.54, 1.807) is 0 Å². The van der Waals surface area contributed by atoms with Crippen LogP contribution in [0.15, 0.2) is 0 Å². The molecule has 2 rings (SSSR count). The van der Waals surface area contributed by atoms with Crippen molar-refractivity contribution < 1.29 is 4.39 Å². The molecule has 0 bridgehead atoms. The summed E-state index contributed by atoms with van der Waals surface area (Å²) < 4.78 is 13.7. The highest BCUT2D eigenvalue weighted by Crippen LogP contribution is 2.35. The predicted octanol–water partition coefficient (Wildman–Crippen LogP) is 2.90. The first-order valence-corrected chi connectivity index (χ1v) is 6.21. The molecule has 2 unspecified atom stereocenters. The Morgan fingerprint density at radius 2 is 1.93 bits per heavy atom. The van der Waals surface area contributed by atoms with Crippen molar-refractivity contribution in [3.63, 3.8) is 0 Å². The van der Waals surface area contributed by atoms with E-state index in [-0.39, 0.29) is 0 Å². The molecular formula is C12H22FN. The average Bonchev–Trinajstić information content (AvgIpc) is 2.29. The van der Waals surface area contributed by atoms with Crippen molar-refractivity contribution in [1.29, 1.82) is 0 Å². The third-order valence-electron chi connectivity index (χ3n) is 3.92. The molecule has 1 aliphatic carbocycles. The molecule has 0 aromatic rings.